The van der Waals surface area contributed by atoms with Gasteiger partial charge in [-0.2, -0.15) is 13.2 Å². The number of sulfone groups is 1. The van der Waals surface area contributed by atoms with E-state index in [9.17, 15) is 21.6 Å². The smallest absolute Gasteiger partial charge is 0.313 e. The predicted octanol–water partition coefficient (Wildman–Crippen LogP) is 4.94. The Labute approximate surface area is 182 Å². The molecule has 0 unspecified atom stereocenters. The third-order valence-corrected chi connectivity index (χ3v) is 8.19. The van der Waals surface area contributed by atoms with E-state index in [1.807, 2.05) is 31.2 Å². The number of hydrogen-bond donors (Lipinski definition) is 0. The van der Waals surface area contributed by atoms with Gasteiger partial charge in [-0.05, 0) is 30.7 Å². The second kappa shape index (κ2) is 7.76. The van der Waals surface area contributed by atoms with E-state index in [2.05, 4.69) is 4.99 Å². The molecule has 0 bridgehead atoms. The van der Waals surface area contributed by atoms with Crippen LogP contribution in [0.4, 0.5) is 18.9 Å². The molecule has 2 heterocycles. The third kappa shape index (κ3) is 4.33. The van der Waals surface area contributed by atoms with Crippen LogP contribution in [0.5, 0.6) is 0 Å². The molecule has 4 nitrogen and oxygen atoms in total. The van der Waals surface area contributed by atoms with E-state index in [4.69, 9.17) is 11.6 Å². The first-order valence-electron chi connectivity index (χ1n) is 9.16. The summed E-state index contributed by atoms with van der Waals surface area (Å²) in [7, 11) is -3.32. The monoisotopic (exact) mass is 474 g/mol. The van der Waals surface area contributed by atoms with Crippen LogP contribution in [0.3, 0.4) is 0 Å². The number of aryl methyl sites for hydroxylation is 1. The van der Waals surface area contributed by atoms with E-state index in [0.29, 0.717) is 10.9 Å². The summed E-state index contributed by atoms with van der Waals surface area (Å²) >= 11 is 7.63. The topological polar surface area (TPSA) is 49.7 Å². The van der Waals surface area contributed by atoms with E-state index < -0.39 is 33.7 Å². The Morgan fingerprint density at radius 3 is 2.53 bits per heavy atom. The molecule has 0 aromatic heterocycles. The van der Waals surface area contributed by atoms with Gasteiger partial charge in [-0.3, -0.25) is 4.99 Å². The fourth-order valence-corrected chi connectivity index (χ4v) is 6.74. The van der Waals surface area contributed by atoms with Gasteiger partial charge in [0.2, 0.25) is 0 Å². The number of anilines is 1. The molecule has 1 fully saturated rings. The van der Waals surface area contributed by atoms with Crippen molar-refractivity contribution in [1.29, 1.82) is 0 Å². The molecule has 2 aromatic rings. The lowest BCUT2D eigenvalue weighted by Crippen LogP contribution is -2.39. The van der Waals surface area contributed by atoms with Gasteiger partial charge in [0.05, 0.1) is 39.9 Å². The second-order valence-corrected chi connectivity index (χ2v) is 10.9. The molecule has 160 valence electrons. The standard InChI is InChI=1S/C20H18ClF3N2O2S2/c1-12-2-4-13(5-3-12)9-29-19-25-16-10-30(27,28)11-18(16)26(19)17-8-14(20(22,23)24)6-7-15(17)21/h2-8,16,18H,9-11H2,1H3/t16-,18-/m0/s1. The molecule has 4 rings (SSSR count). The fourth-order valence-electron chi connectivity index (χ4n) is 3.62. The average molecular weight is 475 g/mol. The highest BCUT2D eigenvalue weighted by Gasteiger charge is 2.48. The van der Waals surface area contributed by atoms with Crippen molar-refractivity contribution in [2.24, 2.45) is 4.99 Å². The average Bonchev–Trinajstić information content (AvgIpc) is 3.12. The van der Waals surface area contributed by atoms with E-state index in [1.165, 1.54) is 17.8 Å². The fraction of sp³-hybridized carbons (Fsp3) is 0.350. The Balaban J connectivity index is 1.69. The molecule has 2 aromatic carbocycles. The molecule has 0 spiro atoms. The number of hydrogen-bond acceptors (Lipinski definition) is 5. The number of aliphatic imine (C=N–C) groups is 1. The van der Waals surface area contributed by atoms with Crippen LogP contribution in [0.25, 0.3) is 0 Å². The number of halogens is 4. The summed E-state index contributed by atoms with van der Waals surface area (Å²) in [5, 5.41) is 0.610. The van der Waals surface area contributed by atoms with Gasteiger partial charge < -0.3 is 4.90 Å². The van der Waals surface area contributed by atoms with Crippen molar-refractivity contribution in [3.05, 3.63) is 64.2 Å². The summed E-state index contributed by atoms with van der Waals surface area (Å²) in [6.07, 6.45) is -4.54. The largest absolute Gasteiger partial charge is 0.416 e. The summed E-state index contributed by atoms with van der Waals surface area (Å²) in [6.45, 7) is 1.98. The molecule has 1 saturated heterocycles. The van der Waals surface area contributed by atoms with E-state index >= 15 is 0 Å². The predicted molar refractivity (Wildman–Crippen MR) is 115 cm³/mol. The Bertz CT molecular complexity index is 1100. The lowest BCUT2D eigenvalue weighted by molar-refractivity contribution is -0.137. The quantitative estimate of drug-likeness (QED) is 0.632. The number of alkyl halides is 3. The molecule has 0 N–H and O–H groups in total. The van der Waals surface area contributed by atoms with Crippen LogP contribution in [0.15, 0.2) is 47.5 Å². The minimum atomic E-state index is -4.54. The first kappa shape index (κ1) is 21.5. The van der Waals surface area contributed by atoms with Crippen LogP contribution >= 0.6 is 23.4 Å². The lowest BCUT2D eigenvalue weighted by atomic mass is 10.1. The lowest BCUT2D eigenvalue weighted by Gasteiger charge is -2.28. The molecule has 0 aliphatic carbocycles. The molecule has 2 aliphatic rings. The molecule has 0 radical (unpaired) electrons. The number of benzene rings is 2. The van der Waals surface area contributed by atoms with Crippen LogP contribution in [-0.4, -0.2) is 37.2 Å². The van der Waals surface area contributed by atoms with E-state index in [0.717, 1.165) is 23.3 Å². The van der Waals surface area contributed by atoms with Crippen LogP contribution in [0.2, 0.25) is 5.02 Å². The van der Waals surface area contributed by atoms with Crippen molar-refractivity contribution < 1.29 is 21.6 Å². The zero-order valence-corrected chi connectivity index (χ0v) is 18.2. The first-order chi connectivity index (χ1) is 14.0. The summed E-state index contributed by atoms with van der Waals surface area (Å²) in [4.78, 5) is 6.13. The molecule has 0 saturated carbocycles. The van der Waals surface area contributed by atoms with Crippen molar-refractivity contribution >= 4 is 44.1 Å². The van der Waals surface area contributed by atoms with Gasteiger partial charge in [0.1, 0.15) is 0 Å². The normalized spacial score (nSPS) is 22.8. The Morgan fingerprint density at radius 1 is 1.17 bits per heavy atom. The van der Waals surface area contributed by atoms with Crippen LogP contribution in [0, 0.1) is 6.92 Å². The van der Waals surface area contributed by atoms with Gasteiger partial charge in [0.25, 0.3) is 0 Å². The Hall–Kier alpha value is -1.71. The van der Waals surface area contributed by atoms with Crippen molar-refractivity contribution in [1.82, 2.24) is 0 Å². The minimum absolute atomic E-state index is 0.112. The van der Waals surface area contributed by atoms with Crippen molar-refractivity contribution in [3.8, 4) is 0 Å². The number of amidine groups is 1. The van der Waals surface area contributed by atoms with Crippen LogP contribution in [0.1, 0.15) is 16.7 Å². The van der Waals surface area contributed by atoms with Crippen LogP contribution in [-0.2, 0) is 21.8 Å². The molecule has 2 aliphatic heterocycles. The van der Waals surface area contributed by atoms with Gasteiger partial charge in [0, 0.05) is 5.75 Å². The highest BCUT2D eigenvalue weighted by atomic mass is 35.5. The summed E-state index contributed by atoms with van der Waals surface area (Å²) in [6, 6.07) is 9.93. The van der Waals surface area contributed by atoms with Crippen molar-refractivity contribution in [2.75, 3.05) is 16.4 Å². The Morgan fingerprint density at radius 2 is 1.87 bits per heavy atom. The summed E-state index contributed by atoms with van der Waals surface area (Å²) in [5.41, 5.74) is 1.45. The summed E-state index contributed by atoms with van der Waals surface area (Å²) in [5.74, 6) is 0.278. The SMILES string of the molecule is Cc1ccc(CSC2=N[C@H]3CS(=O)(=O)C[C@@H]3N2c2cc(C(F)(F)F)ccc2Cl)cc1. The highest BCUT2D eigenvalue weighted by Crippen LogP contribution is 2.41. The number of rotatable bonds is 3. The second-order valence-electron chi connectivity index (χ2n) is 7.43. The molecule has 10 heteroatoms. The molecule has 0 amide bonds. The number of thioether (sulfide) groups is 1. The minimum Gasteiger partial charge on any atom is -0.313 e. The summed E-state index contributed by atoms with van der Waals surface area (Å²) < 4.78 is 64.1. The molecule has 2 atom stereocenters. The molecule has 30 heavy (non-hydrogen) atoms. The maximum Gasteiger partial charge on any atom is 0.416 e. The van der Waals surface area contributed by atoms with Gasteiger partial charge >= 0.3 is 6.18 Å². The number of nitrogens with zero attached hydrogens (tertiary/aromatic N) is 2. The third-order valence-electron chi connectivity index (χ3n) is 5.13. The first-order valence-corrected chi connectivity index (χ1v) is 12.3. The number of fused-ring (bicyclic) bond motifs is 1. The van der Waals surface area contributed by atoms with Gasteiger partial charge in [-0.1, -0.05) is 53.2 Å². The highest BCUT2D eigenvalue weighted by molar-refractivity contribution is 8.13. The Kier molecular flexibility index (Phi) is 5.57. The van der Waals surface area contributed by atoms with Crippen molar-refractivity contribution in [3.63, 3.8) is 0 Å². The maximum atomic E-state index is 13.3. The molecular weight excluding hydrogens is 457 g/mol. The zero-order chi connectivity index (χ0) is 21.7. The van der Waals surface area contributed by atoms with Gasteiger partial charge in [-0.25, -0.2) is 8.42 Å². The van der Waals surface area contributed by atoms with Crippen LogP contribution < -0.4 is 4.90 Å². The van der Waals surface area contributed by atoms with E-state index in [1.54, 1.807) is 4.90 Å². The van der Waals surface area contributed by atoms with E-state index in [-0.39, 0.29) is 22.2 Å². The zero-order valence-electron chi connectivity index (χ0n) is 15.9. The molecular formula is C20H18ClF3N2O2S2. The van der Waals surface area contributed by atoms with Crippen molar-refractivity contribution in [2.45, 2.75) is 30.9 Å². The van der Waals surface area contributed by atoms with Gasteiger partial charge in [-0.15, -0.1) is 0 Å². The van der Waals surface area contributed by atoms with Gasteiger partial charge in [0.15, 0.2) is 15.0 Å². The maximum absolute atomic E-state index is 13.3.